The zero-order valence-electron chi connectivity index (χ0n) is 38.7. The van der Waals surface area contributed by atoms with E-state index in [1.165, 1.54) is 22.4 Å². The van der Waals surface area contributed by atoms with Crippen LogP contribution in [0.3, 0.4) is 0 Å². The summed E-state index contributed by atoms with van der Waals surface area (Å²) in [5.74, 6) is 0.813. The molecule has 1 aliphatic rings. The first-order valence-corrected chi connectivity index (χ1v) is 23.6. The number of nitrogens with zero attached hydrogens (tertiary/aromatic N) is 4. The predicted molar refractivity (Wildman–Crippen MR) is 288 cm³/mol. The summed E-state index contributed by atoms with van der Waals surface area (Å²) in [5, 5.41) is 0. The summed E-state index contributed by atoms with van der Waals surface area (Å²) in [5.41, 5.74) is 19.4. The van der Waals surface area contributed by atoms with Crippen LogP contribution in [0.1, 0.15) is 36.0 Å². The molecule has 0 amide bonds. The Kier molecular flexibility index (Phi) is 11.9. The number of aromatic nitrogens is 1. The van der Waals surface area contributed by atoms with Crippen LogP contribution in [0.25, 0.3) is 44.8 Å². The van der Waals surface area contributed by atoms with Crippen LogP contribution in [0.4, 0.5) is 34.1 Å². The van der Waals surface area contributed by atoms with Crippen molar-refractivity contribution in [1.82, 2.24) is 4.98 Å². The summed E-state index contributed by atoms with van der Waals surface area (Å²) in [6.45, 7) is 4.18. The SMILES string of the molecule is C/C(=N\c1ccccc1C)c1ccc(N(c2ccccc2)c2cccc(-c3cccc(-c4cccc(C5C=CC=C(N(c6ccccc6)c6ccc(-c7nc8ccccc8o7)cc6)C5)c4)c3)c2)cc1. The van der Waals surface area contributed by atoms with E-state index in [0.29, 0.717) is 5.89 Å². The van der Waals surface area contributed by atoms with Gasteiger partial charge in [0, 0.05) is 51.3 Å². The van der Waals surface area contributed by atoms with Crippen molar-refractivity contribution in [2.75, 3.05) is 9.80 Å². The van der Waals surface area contributed by atoms with E-state index in [2.05, 4.69) is 242 Å². The van der Waals surface area contributed by atoms with Crippen molar-refractivity contribution < 1.29 is 4.42 Å². The van der Waals surface area contributed by atoms with Crippen LogP contribution in [0, 0.1) is 6.92 Å². The Hall–Kier alpha value is -8.80. The Labute approximate surface area is 404 Å². The lowest BCUT2D eigenvalue weighted by molar-refractivity contribution is 0.620. The van der Waals surface area contributed by atoms with E-state index >= 15 is 0 Å². The highest BCUT2D eigenvalue weighted by molar-refractivity contribution is 6.01. The van der Waals surface area contributed by atoms with E-state index in [9.17, 15) is 0 Å². The van der Waals surface area contributed by atoms with Gasteiger partial charge in [0.05, 0.1) is 5.69 Å². The molecule has 0 aliphatic heterocycles. The van der Waals surface area contributed by atoms with Gasteiger partial charge in [0.25, 0.3) is 0 Å². The van der Waals surface area contributed by atoms with Gasteiger partial charge >= 0.3 is 0 Å². The first-order valence-electron chi connectivity index (χ1n) is 23.6. The van der Waals surface area contributed by atoms with Gasteiger partial charge < -0.3 is 14.2 Å². The van der Waals surface area contributed by atoms with Gasteiger partial charge in [-0.1, -0.05) is 146 Å². The third-order valence-corrected chi connectivity index (χ3v) is 12.9. The van der Waals surface area contributed by atoms with Gasteiger partial charge in [-0.05, 0) is 162 Å². The normalized spacial score (nSPS) is 13.6. The molecule has 9 aromatic carbocycles. The van der Waals surface area contributed by atoms with Gasteiger partial charge in [0.1, 0.15) is 5.52 Å². The van der Waals surface area contributed by atoms with Crippen LogP contribution in [0.5, 0.6) is 0 Å². The summed E-state index contributed by atoms with van der Waals surface area (Å²) >= 11 is 0. The highest BCUT2D eigenvalue weighted by Crippen LogP contribution is 2.41. The second-order valence-electron chi connectivity index (χ2n) is 17.5. The van der Waals surface area contributed by atoms with Gasteiger partial charge in [-0.15, -0.1) is 0 Å². The fourth-order valence-electron chi connectivity index (χ4n) is 9.33. The van der Waals surface area contributed by atoms with Crippen molar-refractivity contribution >= 4 is 50.9 Å². The average molecular weight is 891 g/mol. The molecule has 0 saturated carbocycles. The molecule has 1 unspecified atom stereocenters. The molecule has 332 valence electrons. The van der Waals surface area contributed by atoms with Crippen molar-refractivity contribution in [2.45, 2.75) is 26.2 Å². The molecule has 1 heterocycles. The van der Waals surface area contributed by atoms with E-state index in [-0.39, 0.29) is 5.92 Å². The molecule has 11 rings (SSSR count). The number of anilines is 5. The molecule has 5 heteroatoms. The summed E-state index contributed by atoms with van der Waals surface area (Å²) in [6, 6.07) is 81.4. The Morgan fingerprint density at radius 3 is 1.80 bits per heavy atom. The number of aliphatic imine (C=N–C) groups is 1. The van der Waals surface area contributed by atoms with Gasteiger partial charge in [0.15, 0.2) is 5.58 Å². The summed E-state index contributed by atoms with van der Waals surface area (Å²) < 4.78 is 6.11. The second kappa shape index (κ2) is 19.2. The quantitative estimate of drug-likeness (QED) is 0.115. The third kappa shape index (κ3) is 9.19. The fraction of sp³-hybridized carbons (Fsp3) is 0.0625. The minimum atomic E-state index is 0.192. The number of hydrogen-bond acceptors (Lipinski definition) is 5. The highest BCUT2D eigenvalue weighted by atomic mass is 16.3. The minimum absolute atomic E-state index is 0.192. The molecule has 0 bridgehead atoms. The van der Waals surface area contributed by atoms with Crippen molar-refractivity contribution in [3.8, 4) is 33.7 Å². The molecule has 5 nitrogen and oxygen atoms in total. The molecule has 1 atom stereocenters. The number of benzene rings is 9. The zero-order chi connectivity index (χ0) is 46.5. The molecule has 0 radical (unpaired) electrons. The maximum absolute atomic E-state index is 6.11. The predicted octanol–water partition coefficient (Wildman–Crippen LogP) is 17.5. The van der Waals surface area contributed by atoms with E-state index in [0.717, 1.165) is 85.2 Å². The molecule has 0 spiro atoms. The Bertz CT molecular complexity index is 3460. The highest BCUT2D eigenvalue weighted by Gasteiger charge is 2.22. The molecule has 1 aromatic heterocycles. The summed E-state index contributed by atoms with van der Waals surface area (Å²) in [7, 11) is 0. The van der Waals surface area contributed by atoms with Crippen molar-refractivity contribution in [2.24, 2.45) is 4.99 Å². The van der Waals surface area contributed by atoms with Crippen LogP contribution in [0.2, 0.25) is 0 Å². The first-order chi connectivity index (χ1) is 34.0. The number of aryl methyl sites for hydroxylation is 1. The molecule has 10 aromatic rings. The Balaban J connectivity index is 0.849. The lowest BCUT2D eigenvalue weighted by Gasteiger charge is -2.31. The molecular formula is C64H50N4O. The van der Waals surface area contributed by atoms with Gasteiger partial charge in [-0.2, -0.15) is 0 Å². The molecular weight excluding hydrogens is 841 g/mol. The smallest absolute Gasteiger partial charge is 0.227 e. The lowest BCUT2D eigenvalue weighted by Crippen LogP contribution is -2.19. The van der Waals surface area contributed by atoms with E-state index in [1.807, 2.05) is 30.3 Å². The van der Waals surface area contributed by atoms with Crippen LogP contribution >= 0.6 is 0 Å². The average Bonchev–Trinajstić information content (AvgIpc) is 3.86. The molecule has 69 heavy (non-hydrogen) atoms. The molecule has 0 saturated heterocycles. The van der Waals surface area contributed by atoms with Crippen LogP contribution in [-0.2, 0) is 0 Å². The van der Waals surface area contributed by atoms with Gasteiger partial charge in [-0.25, -0.2) is 4.98 Å². The number of fused-ring (bicyclic) bond motifs is 1. The fourth-order valence-corrected chi connectivity index (χ4v) is 9.33. The number of para-hydroxylation sites is 5. The first kappa shape index (κ1) is 42.8. The van der Waals surface area contributed by atoms with Crippen molar-refractivity contribution in [1.29, 1.82) is 0 Å². The van der Waals surface area contributed by atoms with E-state index < -0.39 is 0 Å². The number of hydrogen-bond donors (Lipinski definition) is 0. The number of allylic oxidation sites excluding steroid dienone is 4. The van der Waals surface area contributed by atoms with Crippen LogP contribution in [0.15, 0.2) is 264 Å². The minimum Gasteiger partial charge on any atom is -0.436 e. The van der Waals surface area contributed by atoms with Crippen molar-refractivity contribution in [3.05, 3.63) is 271 Å². The summed E-state index contributed by atoms with van der Waals surface area (Å²) in [4.78, 5) is 14.4. The van der Waals surface area contributed by atoms with Gasteiger partial charge in [-0.3, -0.25) is 4.99 Å². The largest absolute Gasteiger partial charge is 0.436 e. The molecule has 1 aliphatic carbocycles. The molecule has 0 fully saturated rings. The van der Waals surface area contributed by atoms with Crippen LogP contribution in [-0.4, -0.2) is 10.7 Å². The van der Waals surface area contributed by atoms with Gasteiger partial charge in [0.2, 0.25) is 5.89 Å². The second-order valence-corrected chi connectivity index (χ2v) is 17.5. The monoisotopic (exact) mass is 890 g/mol. The van der Waals surface area contributed by atoms with E-state index in [1.54, 1.807) is 0 Å². The third-order valence-electron chi connectivity index (χ3n) is 12.9. The van der Waals surface area contributed by atoms with Crippen molar-refractivity contribution in [3.63, 3.8) is 0 Å². The Morgan fingerprint density at radius 1 is 0.507 bits per heavy atom. The Morgan fingerprint density at radius 2 is 1.07 bits per heavy atom. The standard InChI is InChI=1S/C64H50N4O/c1-45-17-9-10-30-61(45)65-46(2)47-33-37-57(38-34-47)67(55-24-5-3-6-25-55)59-28-15-22-53(43-59)51-20-13-18-49(41-51)50-19-14-21-52(42-50)54-23-16-29-60(44-54)68(56-26-7-4-8-27-56)58-39-35-48(36-40-58)64-66-62-31-11-12-32-63(62)69-64/h3-43,54H,44H2,1-2H3/b65-46+. The molecule has 0 N–H and O–H groups in total. The number of oxazole rings is 1. The summed E-state index contributed by atoms with van der Waals surface area (Å²) in [6.07, 6.45) is 7.63. The maximum atomic E-state index is 6.11. The van der Waals surface area contributed by atoms with E-state index in [4.69, 9.17) is 14.4 Å². The lowest BCUT2D eigenvalue weighted by atomic mass is 9.88. The van der Waals surface area contributed by atoms with Crippen LogP contribution < -0.4 is 9.80 Å². The number of rotatable bonds is 12. The maximum Gasteiger partial charge on any atom is 0.227 e. The topological polar surface area (TPSA) is 44.9 Å². The zero-order valence-corrected chi connectivity index (χ0v) is 38.7.